The van der Waals surface area contributed by atoms with E-state index in [4.69, 9.17) is 0 Å². The first-order valence-electron chi connectivity index (χ1n) is 7.88. The zero-order valence-electron chi connectivity index (χ0n) is 12.7. The van der Waals surface area contributed by atoms with Crippen molar-refractivity contribution in [2.75, 3.05) is 6.54 Å². The molecule has 0 aliphatic carbocycles. The third-order valence-corrected chi connectivity index (χ3v) is 6.74. The van der Waals surface area contributed by atoms with Crippen molar-refractivity contribution < 1.29 is 4.79 Å². The van der Waals surface area contributed by atoms with Crippen molar-refractivity contribution in [2.24, 2.45) is 0 Å². The van der Waals surface area contributed by atoms with Crippen molar-refractivity contribution in [3.63, 3.8) is 0 Å². The van der Waals surface area contributed by atoms with Crippen LogP contribution >= 0.6 is 0 Å². The van der Waals surface area contributed by atoms with E-state index in [2.05, 4.69) is 65.6 Å². The molecule has 2 aromatic carbocycles. The van der Waals surface area contributed by atoms with Crippen LogP contribution in [0.15, 0.2) is 60.7 Å². The standard InChI is InChI=1S/C19H21NOSe/c21-18-12-7-15-20(18)19(22-17-10-5-2-6-11-17)14-13-16-8-3-1-4-9-16/h1-6,8-11,19H,7,12-15H2. The Hall–Kier alpha value is -1.57. The average molecular weight is 358 g/mol. The van der Waals surface area contributed by atoms with Gasteiger partial charge in [-0.2, -0.15) is 0 Å². The summed E-state index contributed by atoms with van der Waals surface area (Å²) in [5, 5.41) is 0. The zero-order chi connectivity index (χ0) is 15.2. The summed E-state index contributed by atoms with van der Waals surface area (Å²) >= 11 is 0.316. The first kappa shape index (κ1) is 15.3. The number of carbonyl (C=O) groups excluding carboxylic acids is 1. The molecule has 1 atom stereocenters. The van der Waals surface area contributed by atoms with Crippen molar-refractivity contribution in [2.45, 2.75) is 30.6 Å². The van der Waals surface area contributed by atoms with Gasteiger partial charge >= 0.3 is 138 Å². The monoisotopic (exact) mass is 359 g/mol. The molecule has 1 aliphatic heterocycles. The summed E-state index contributed by atoms with van der Waals surface area (Å²) in [6, 6.07) is 21.2. The number of amides is 1. The minimum atomic E-state index is 0.316. The van der Waals surface area contributed by atoms with E-state index < -0.39 is 0 Å². The van der Waals surface area contributed by atoms with E-state index >= 15 is 0 Å². The van der Waals surface area contributed by atoms with E-state index in [1.807, 2.05) is 0 Å². The molecule has 114 valence electrons. The Labute approximate surface area is 138 Å². The van der Waals surface area contributed by atoms with Gasteiger partial charge in [0.1, 0.15) is 0 Å². The van der Waals surface area contributed by atoms with E-state index in [1.54, 1.807) is 0 Å². The Bertz CT molecular complexity index is 599. The van der Waals surface area contributed by atoms with Gasteiger partial charge in [0.25, 0.3) is 0 Å². The summed E-state index contributed by atoms with van der Waals surface area (Å²) < 4.78 is 1.38. The molecule has 1 amide bonds. The van der Waals surface area contributed by atoms with Crippen LogP contribution in [0.4, 0.5) is 0 Å². The molecule has 2 aromatic rings. The summed E-state index contributed by atoms with van der Waals surface area (Å²) in [6.07, 6.45) is 3.85. The van der Waals surface area contributed by atoms with Crippen LogP contribution in [0.3, 0.4) is 0 Å². The van der Waals surface area contributed by atoms with E-state index in [0.717, 1.165) is 32.2 Å². The number of hydrogen-bond donors (Lipinski definition) is 0. The van der Waals surface area contributed by atoms with Gasteiger partial charge in [-0.3, -0.25) is 0 Å². The van der Waals surface area contributed by atoms with E-state index in [1.165, 1.54) is 10.0 Å². The molecule has 0 radical (unpaired) electrons. The molecule has 0 N–H and O–H groups in total. The number of benzene rings is 2. The summed E-state index contributed by atoms with van der Waals surface area (Å²) in [4.78, 5) is 14.7. The van der Waals surface area contributed by atoms with Gasteiger partial charge < -0.3 is 0 Å². The number of carbonyl (C=O) groups is 1. The normalized spacial score (nSPS) is 16.0. The van der Waals surface area contributed by atoms with Crippen LogP contribution in [-0.4, -0.2) is 37.2 Å². The van der Waals surface area contributed by atoms with Crippen LogP contribution in [0.1, 0.15) is 24.8 Å². The van der Waals surface area contributed by atoms with Crippen molar-refractivity contribution in [1.29, 1.82) is 0 Å². The number of hydrogen-bond acceptors (Lipinski definition) is 1. The number of aryl methyl sites for hydroxylation is 1. The molecule has 0 aromatic heterocycles. The molecule has 1 heterocycles. The molecule has 0 bridgehead atoms. The van der Waals surface area contributed by atoms with E-state index in [-0.39, 0.29) is 0 Å². The summed E-state index contributed by atoms with van der Waals surface area (Å²) in [5.41, 5.74) is 1.36. The molecule has 0 spiro atoms. The van der Waals surface area contributed by atoms with Crippen LogP contribution in [0.25, 0.3) is 0 Å². The maximum absolute atomic E-state index is 12.2. The summed E-state index contributed by atoms with van der Waals surface area (Å²) in [6.45, 7) is 0.937. The third kappa shape index (κ3) is 4.00. The molecule has 1 unspecified atom stereocenters. The Morgan fingerprint density at radius 3 is 2.32 bits per heavy atom. The summed E-state index contributed by atoms with van der Waals surface area (Å²) in [7, 11) is 0. The average Bonchev–Trinajstić information content (AvgIpc) is 2.99. The van der Waals surface area contributed by atoms with Gasteiger partial charge in [0.2, 0.25) is 0 Å². The topological polar surface area (TPSA) is 20.3 Å². The number of nitrogens with zero attached hydrogens (tertiary/aromatic N) is 1. The Kier molecular flexibility index (Phi) is 5.31. The van der Waals surface area contributed by atoms with Gasteiger partial charge in [-0.25, -0.2) is 0 Å². The van der Waals surface area contributed by atoms with Crippen molar-refractivity contribution in [1.82, 2.24) is 4.90 Å². The predicted octanol–water partition coefficient (Wildman–Crippen LogP) is 2.60. The fourth-order valence-electron chi connectivity index (χ4n) is 2.84. The predicted molar refractivity (Wildman–Crippen MR) is 91.3 cm³/mol. The first-order valence-corrected chi connectivity index (χ1v) is 9.72. The van der Waals surface area contributed by atoms with Crippen LogP contribution in [0.5, 0.6) is 0 Å². The third-order valence-electron chi connectivity index (χ3n) is 4.00. The van der Waals surface area contributed by atoms with E-state index in [9.17, 15) is 4.79 Å². The van der Waals surface area contributed by atoms with E-state index in [0.29, 0.717) is 25.8 Å². The van der Waals surface area contributed by atoms with Gasteiger partial charge in [0.05, 0.1) is 0 Å². The second-order valence-corrected chi connectivity index (χ2v) is 8.23. The molecular weight excluding hydrogens is 337 g/mol. The number of rotatable bonds is 6. The Balaban J connectivity index is 1.69. The molecule has 2 nitrogen and oxygen atoms in total. The fraction of sp³-hybridized carbons (Fsp3) is 0.316. The fourth-order valence-corrected chi connectivity index (χ4v) is 5.39. The van der Waals surface area contributed by atoms with Gasteiger partial charge in [0, 0.05) is 0 Å². The second kappa shape index (κ2) is 7.62. The zero-order valence-corrected chi connectivity index (χ0v) is 14.4. The Morgan fingerprint density at radius 2 is 1.68 bits per heavy atom. The van der Waals surface area contributed by atoms with Crippen LogP contribution in [0.2, 0.25) is 0 Å². The van der Waals surface area contributed by atoms with Crippen LogP contribution < -0.4 is 4.46 Å². The first-order chi connectivity index (χ1) is 10.8. The minimum absolute atomic E-state index is 0.316. The molecule has 1 saturated heterocycles. The molecule has 3 heteroatoms. The van der Waals surface area contributed by atoms with Crippen molar-refractivity contribution in [3.8, 4) is 0 Å². The quantitative estimate of drug-likeness (QED) is 0.727. The van der Waals surface area contributed by atoms with Crippen molar-refractivity contribution >= 4 is 25.3 Å². The van der Waals surface area contributed by atoms with Crippen molar-refractivity contribution in [3.05, 3.63) is 66.2 Å². The Morgan fingerprint density at radius 1 is 1.00 bits per heavy atom. The van der Waals surface area contributed by atoms with Crippen LogP contribution in [-0.2, 0) is 11.2 Å². The van der Waals surface area contributed by atoms with Gasteiger partial charge in [-0.15, -0.1) is 0 Å². The summed E-state index contributed by atoms with van der Waals surface area (Å²) in [5.74, 6) is 0.343. The maximum atomic E-state index is 12.2. The van der Waals surface area contributed by atoms with Gasteiger partial charge in [-0.1, -0.05) is 0 Å². The SMILES string of the molecule is O=C1CCCN1C(CCc1ccccc1)[Se]c1ccccc1. The molecular formula is C19H21NOSe. The molecule has 1 aliphatic rings. The van der Waals surface area contributed by atoms with Crippen LogP contribution in [0, 0.1) is 0 Å². The molecule has 1 fully saturated rings. The number of likely N-dealkylation sites (tertiary alicyclic amines) is 1. The molecule has 22 heavy (non-hydrogen) atoms. The second-order valence-electron chi connectivity index (χ2n) is 5.60. The van der Waals surface area contributed by atoms with Gasteiger partial charge in [-0.05, 0) is 0 Å². The molecule has 0 saturated carbocycles. The van der Waals surface area contributed by atoms with Gasteiger partial charge in [0.15, 0.2) is 0 Å². The molecule has 3 rings (SSSR count).